The fourth-order valence-electron chi connectivity index (χ4n) is 9.29. The van der Waals surface area contributed by atoms with Crippen LogP contribution in [0.15, 0.2) is 226 Å². The van der Waals surface area contributed by atoms with Crippen LogP contribution in [-0.4, -0.2) is 0 Å². The SMILES string of the molecule is C=C/C=C(\C=C)c1ccc(N(c2ccc(-c3ccc(-c4ccc5c(c4)c(-c4ccccc4)cc4ccccc45)cc3)cc2)c2ccc3c(c2)C(C)(C)c2ccccc2-3)cc1. The first-order valence-electron chi connectivity index (χ1n) is 20.7. The van der Waals surface area contributed by atoms with Crippen molar-refractivity contribution in [2.24, 2.45) is 0 Å². The maximum Gasteiger partial charge on any atom is 0.0465 e. The van der Waals surface area contributed by atoms with E-state index >= 15 is 0 Å². The van der Waals surface area contributed by atoms with Crippen molar-refractivity contribution >= 4 is 44.2 Å². The number of nitrogens with zero attached hydrogens (tertiary/aromatic N) is 1. The van der Waals surface area contributed by atoms with E-state index in [-0.39, 0.29) is 5.41 Å². The van der Waals surface area contributed by atoms with Gasteiger partial charge < -0.3 is 4.90 Å². The maximum absolute atomic E-state index is 4.03. The number of benzene rings is 9. The Morgan fingerprint density at radius 2 is 1.02 bits per heavy atom. The van der Waals surface area contributed by atoms with Crippen LogP contribution >= 0.6 is 0 Å². The Morgan fingerprint density at radius 3 is 1.73 bits per heavy atom. The minimum Gasteiger partial charge on any atom is -0.310 e. The third-order valence-corrected chi connectivity index (χ3v) is 12.4. The van der Waals surface area contributed by atoms with Gasteiger partial charge in [0.15, 0.2) is 0 Å². The summed E-state index contributed by atoms with van der Waals surface area (Å²) in [6.45, 7) is 12.6. The lowest BCUT2D eigenvalue weighted by Crippen LogP contribution is -2.16. The third kappa shape index (κ3) is 6.36. The zero-order valence-corrected chi connectivity index (χ0v) is 34.1. The first-order chi connectivity index (χ1) is 29.4. The second-order valence-electron chi connectivity index (χ2n) is 16.2. The fourth-order valence-corrected chi connectivity index (χ4v) is 9.29. The molecule has 0 unspecified atom stereocenters. The Hall–Kier alpha value is -7.48. The Bertz CT molecular complexity index is 3110. The molecule has 9 aromatic rings. The fraction of sp³-hybridized carbons (Fsp3) is 0.0508. The summed E-state index contributed by atoms with van der Waals surface area (Å²) in [4.78, 5) is 2.37. The molecule has 1 heteroatoms. The van der Waals surface area contributed by atoms with Crippen LogP contribution in [-0.2, 0) is 5.41 Å². The Morgan fingerprint density at radius 1 is 0.433 bits per heavy atom. The van der Waals surface area contributed by atoms with Gasteiger partial charge in [-0.05, 0) is 137 Å². The van der Waals surface area contributed by atoms with Gasteiger partial charge in [0.05, 0.1) is 0 Å². The third-order valence-electron chi connectivity index (χ3n) is 12.4. The molecule has 0 radical (unpaired) electrons. The Labute approximate surface area is 353 Å². The average molecular weight is 768 g/mol. The van der Waals surface area contributed by atoms with Crippen molar-refractivity contribution in [2.75, 3.05) is 4.90 Å². The summed E-state index contributed by atoms with van der Waals surface area (Å²) < 4.78 is 0. The molecule has 10 rings (SSSR count). The van der Waals surface area contributed by atoms with Gasteiger partial charge in [-0.2, -0.15) is 0 Å². The molecule has 1 aliphatic carbocycles. The smallest absolute Gasteiger partial charge is 0.0465 e. The van der Waals surface area contributed by atoms with Gasteiger partial charge in [-0.25, -0.2) is 0 Å². The van der Waals surface area contributed by atoms with Crippen LogP contribution in [0.5, 0.6) is 0 Å². The number of allylic oxidation sites excluding steroid dienone is 4. The molecule has 60 heavy (non-hydrogen) atoms. The molecular formula is C59H45N. The predicted molar refractivity (Wildman–Crippen MR) is 258 cm³/mol. The van der Waals surface area contributed by atoms with Gasteiger partial charge in [0, 0.05) is 22.5 Å². The first kappa shape index (κ1) is 36.8. The molecule has 0 bridgehead atoms. The Balaban J connectivity index is 0.998. The van der Waals surface area contributed by atoms with Crippen molar-refractivity contribution in [3.05, 3.63) is 242 Å². The molecule has 9 aromatic carbocycles. The van der Waals surface area contributed by atoms with Gasteiger partial charge >= 0.3 is 0 Å². The van der Waals surface area contributed by atoms with Crippen molar-refractivity contribution in [1.82, 2.24) is 0 Å². The highest BCUT2D eigenvalue weighted by Crippen LogP contribution is 2.50. The van der Waals surface area contributed by atoms with Crippen LogP contribution in [0.4, 0.5) is 17.1 Å². The highest BCUT2D eigenvalue weighted by Gasteiger charge is 2.35. The lowest BCUT2D eigenvalue weighted by molar-refractivity contribution is 0.660. The quantitative estimate of drug-likeness (QED) is 0.104. The maximum atomic E-state index is 4.03. The summed E-state index contributed by atoms with van der Waals surface area (Å²) in [5.74, 6) is 0. The monoisotopic (exact) mass is 767 g/mol. The van der Waals surface area contributed by atoms with Gasteiger partial charge in [0.25, 0.3) is 0 Å². The van der Waals surface area contributed by atoms with Crippen molar-refractivity contribution < 1.29 is 0 Å². The van der Waals surface area contributed by atoms with E-state index in [0.29, 0.717) is 0 Å². The summed E-state index contributed by atoms with van der Waals surface area (Å²) in [6, 6.07) is 71.2. The molecule has 0 aromatic heterocycles. The highest BCUT2D eigenvalue weighted by molar-refractivity contribution is 6.14. The molecule has 286 valence electrons. The summed E-state index contributed by atoms with van der Waals surface area (Å²) in [5.41, 5.74) is 18.0. The summed E-state index contributed by atoms with van der Waals surface area (Å²) in [5, 5.41) is 5.08. The molecule has 1 aliphatic rings. The molecule has 1 nitrogen and oxygen atoms in total. The van der Waals surface area contributed by atoms with E-state index in [1.807, 2.05) is 18.2 Å². The van der Waals surface area contributed by atoms with Gasteiger partial charge in [-0.3, -0.25) is 0 Å². The standard InChI is InChI=1S/C59H45N/c1-5-14-40(6-2)41-25-30-48(31-26-41)60(50-34-36-54-53-19-12-13-20-57(53)59(3,4)58(54)39-50)49-32-27-43(28-33-49)42-21-23-44(24-22-42)46-29-35-52-51-18-11-10-17-47(51)38-55(56(52)37-46)45-15-8-7-9-16-45/h5-39H,1-2H2,3-4H3/b40-14+. The second kappa shape index (κ2) is 15.0. The van der Waals surface area contributed by atoms with Gasteiger partial charge in [-0.1, -0.05) is 191 Å². The van der Waals surface area contributed by atoms with Crippen molar-refractivity contribution in [1.29, 1.82) is 0 Å². The average Bonchev–Trinajstić information content (AvgIpc) is 3.54. The van der Waals surface area contributed by atoms with Gasteiger partial charge in [0.2, 0.25) is 0 Å². The molecule has 0 atom stereocenters. The van der Waals surface area contributed by atoms with Gasteiger partial charge in [-0.15, -0.1) is 0 Å². The molecule has 0 aliphatic heterocycles. The first-order valence-corrected chi connectivity index (χ1v) is 20.7. The largest absolute Gasteiger partial charge is 0.310 e. The molecule has 0 fully saturated rings. The van der Waals surface area contributed by atoms with E-state index in [0.717, 1.165) is 28.2 Å². The topological polar surface area (TPSA) is 3.24 Å². The molecular weight excluding hydrogens is 723 g/mol. The molecule has 0 spiro atoms. The van der Waals surface area contributed by atoms with Gasteiger partial charge in [0.1, 0.15) is 0 Å². The zero-order valence-electron chi connectivity index (χ0n) is 34.1. The van der Waals surface area contributed by atoms with Crippen LogP contribution in [0.1, 0.15) is 30.5 Å². The molecule has 0 heterocycles. The van der Waals surface area contributed by atoms with Crippen molar-refractivity contribution in [2.45, 2.75) is 19.3 Å². The Kier molecular flexibility index (Phi) is 9.23. The lowest BCUT2D eigenvalue weighted by atomic mass is 9.82. The summed E-state index contributed by atoms with van der Waals surface area (Å²) in [7, 11) is 0. The number of hydrogen-bond acceptors (Lipinski definition) is 1. The molecule has 0 saturated heterocycles. The molecule has 0 N–H and O–H groups in total. The van der Waals surface area contributed by atoms with E-state index in [9.17, 15) is 0 Å². The normalized spacial score (nSPS) is 12.9. The van der Waals surface area contributed by atoms with Crippen LogP contribution in [0.3, 0.4) is 0 Å². The second-order valence-corrected chi connectivity index (χ2v) is 16.2. The van der Waals surface area contributed by atoms with Crippen LogP contribution in [0, 0.1) is 0 Å². The molecule has 0 amide bonds. The van der Waals surface area contributed by atoms with Crippen LogP contribution in [0.2, 0.25) is 0 Å². The predicted octanol–water partition coefficient (Wildman–Crippen LogP) is 16.5. The van der Waals surface area contributed by atoms with Crippen molar-refractivity contribution in [3.63, 3.8) is 0 Å². The summed E-state index contributed by atoms with van der Waals surface area (Å²) in [6.07, 6.45) is 5.69. The summed E-state index contributed by atoms with van der Waals surface area (Å²) >= 11 is 0. The van der Waals surface area contributed by atoms with E-state index in [1.165, 1.54) is 77.2 Å². The van der Waals surface area contributed by atoms with Crippen LogP contribution < -0.4 is 4.90 Å². The van der Waals surface area contributed by atoms with E-state index < -0.39 is 0 Å². The zero-order chi connectivity index (χ0) is 40.8. The van der Waals surface area contributed by atoms with E-state index in [1.54, 1.807) is 0 Å². The highest BCUT2D eigenvalue weighted by atomic mass is 15.1. The minimum absolute atomic E-state index is 0.104. The lowest BCUT2D eigenvalue weighted by Gasteiger charge is -2.28. The number of fused-ring (bicyclic) bond motifs is 6. The minimum atomic E-state index is -0.104. The van der Waals surface area contributed by atoms with E-state index in [4.69, 9.17) is 0 Å². The number of anilines is 3. The van der Waals surface area contributed by atoms with Crippen molar-refractivity contribution in [3.8, 4) is 44.5 Å². The molecule has 0 saturated carbocycles. The van der Waals surface area contributed by atoms with E-state index in [2.05, 4.69) is 226 Å². The number of rotatable bonds is 9. The van der Waals surface area contributed by atoms with Crippen LogP contribution in [0.25, 0.3) is 71.6 Å². The number of hydrogen-bond donors (Lipinski definition) is 0.